The molecule has 3 aliphatic rings. The Morgan fingerprint density at radius 1 is 1.20 bits per heavy atom. The molecule has 2 aliphatic heterocycles. The molecule has 1 aromatic heterocycles. The predicted molar refractivity (Wildman–Crippen MR) is 128 cm³/mol. The number of thioether (sulfide) groups is 1. The van der Waals surface area contributed by atoms with Gasteiger partial charge in [-0.15, -0.1) is 11.8 Å². The number of alkyl halides is 4. The summed E-state index contributed by atoms with van der Waals surface area (Å²) >= 11 is 1.13. The fraction of sp³-hybridized carbons (Fsp3) is 0.667. The van der Waals surface area contributed by atoms with E-state index in [4.69, 9.17) is 0 Å². The number of carbonyl (C=O) groups is 1. The van der Waals surface area contributed by atoms with Crippen LogP contribution in [0.15, 0.2) is 18.0 Å². The normalized spacial score (nSPS) is 20.8. The van der Waals surface area contributed by atoms with Crippen LogP contribution in [0.3, 0.4) is 0 Å². The van der Waals surface area contributed by atoms with E-state index in [0.29, 0.717) is 0 Å². The third kappa shape index (κ3) is 6.22. The number of amides is 1. The summed E-state index contributed by atoms with van der Waals surface area (Å²) in [5, 5.41) is 13.5. The molecule has 0 radical (unpaired) electrons. The van der Waals surface area contributed by atoms with Gasteiger partial charge in [0.15, 0.2) is 0 Å². The van der Waals surface area contributed by atoms with Gasteiger partial charge in [0.05, 0.1) is 17.0 Å². The van der Waals surface area contributed by atoms with Gasteiger partial charge in [-0.3, -0.25) is 4.79 Å². The minimum atomic E-state index is -4.65. The average Bonchev–Trinajstić information content (AvgIpc) is 3.42. The van der Waals surface area contributed by atoms with Crippen LogP contribution in [0.1, 0.15) is 63.5 Å². The fourth-order valence-corrected chi connectivity index (χ4v) is 6.05. The lowest BCUT2D eigenvalue weighted by molar-refractivity contribution is -0.138. The molecule has 35 heavy (non-hydrogen) atoms. The molecule has 1 saturated heterocycles. The number of likely N-dealkylation sites (tertiary alicyclic amines) is 1. The maximum absolute atomic E-state index is 14.2. The number of aromatic nitrogens is 1. The van der Waals surface area contributed by atoms with Gasteiger partial charge in [0.25, 0.3) is 5.91 Å². The van der Waals surface area contributed by atoms with Crippen LogP contribution < -0.4 is 5.32 Å². The van der Waals surface area contributed by atoms with Crippen molar-refractivity contribution in [2.24, 2.45) is 0 Å². The van der Waals surface area contributed by atoms with Gasteiger partial charge in [-0.05, 0) is 45.6 Å². The summed E-state index contributed by atoms with van der Waals surface area (Å²) in [7, 11) is 0. The van der Waals surface area contributed by atoms with E-state index in [1.807, 2.05) is 0 Å². The molecule has 3 heterocycles. The lowest BCUT2D eigenvalue weighted by Crippen LogP contribution is -2.45. The van der Waals surface area contributed by atoms with Gasteiger partial charge in [-0.1, -0.05) is 12.8 Å². The molecule has 1 amide bonds. The smallest absolute Gasteiger partial charge is 0.389 e. The molecule has 0 unspecified atom stereocenters. The highest BCUT2D eigenvalue weighted by Gasteiger charge is 2.41. The number of anilines is 1. The van der Waals surface area contributed by atoms with Crippen LogP contribution in [-0.2, 0) is 11.0 Å². The number of nitrogens with zero attached hydrogens (tertiary/aromatic N) is 3. The second-order valence-corrected chi connectivity index (χ2v) is 11.1. The van der Waals surface area contributed by atoms with Crippen molar-refractivity contribution < 1.29 is 27.5 Å². The number of hydrogen-bond donors (Lipinski definition) is 2. The zero-order valence-corrected chi connectivity index (χ0v) is 20.8. The van der Waals surface area contributed by atoms with Crippen LogP contribution in [0.4, 0.5) is 23.4 Å². The SMILES string of the molecule is CC(C)(O)CN1CSC(c2cnc(NC3CCCC3)cc2C(F)(F)F)=C1C(=O)N1CCC(F)CC1. The molecular weight excluding hydrogens is 484 g/mol. The predicted octanol–water partition coefficient (Wildman–Crippen LogP) is 4.86. The number of pyridine rings is 1. The van der Waals surface area contributed by atoms with Gasteiger partial charge in [0.1, 0.15) is 17.7 Å². The number of hydrogen-bond acceptors (Lipinski definition) is 6. The van der Waals surface area contributed by atoms with Crippen molar-refractivity contribution in [1.29, 1.82) is 0 Å². The summed E-state index contributed by atoms with van der Waals surface area (Å²) in [6.45, 7) is 3.64. The van der Waals surface area contributed by atoms with Crippen LogP contribution in [0.5, 0.6) is 0 Å². The number of halogens is 4. The van der Waals surface area contributed by atoms with Crippen molar-refractivity contribution in [3.63, 3.8) is 0 Å². The number of nitrogens with one attached hydrogen (secondary N) is 1. The molecule has 4 rings (SSSR count). The molecule has 1 aliphatic carbocycles. The minimum absolute atomic E-state index is 0.0697. The minimum Gasteiger partial charge on any atom is -0.389 e. The average molecular weight is 517 g/mol. The Balaban J connectivity index is 1.74. The third-order valence-corrected chi connectivity index (χ3v) is 7.69. The highest BCUT2D eigenvalue weighted by atomic mass is 32.2. The number of rotatable bonds is 6. The summed E-state index contributed by atoms with van der Waals surface area (Å²) in [4.78, 5) is 21.1. The monoisotopic (exact) mass is 516 g/mol. The summed E-state index contributed by atoms with van der Waals surface area (Å²) < 4.78 is 56.3. The Labute approximate surface area is 207 Å². The molecule has 1 aromatic rings. The molecule has 2 N–H and O–H groups in total. The molecule has 1 saturated carbocycles. The van der Waals surface area contributed by atoms with Crippen LogP contribution in [0.2, 0.25) is 0 Å². The Morgan fingerprint density at radius 3 is 2.46 bits per heavy atom. The van der Waals surface area contributed by atoms with Gasteiger partial charge in [0.2, 0.25) is 0 Å². The van der Waals surface area contributed by atoms with E-state index in [9.17, 15) is 27.5 Å². The largest absolute Gasteiger partial charge is 0.417 e. The van der Waals surface area contributed by atoms with Gasteiger partial charge in [0, 0.05) is 42.3 Å². The van der Waals surface area contributed by atoms with Gasteiger partial charge < -0.3 is 20.2 Å². The third-order valence-electron chi connectivity index (χ3n) is 6.55. The highest BCUT2D eigenvalue weighted by molar-refractivity contribution is 8.08. The Bertz CT molecular complexity index is 965. The van der Waals surface area contributed by atoms with Crippen LogP contribution in [-0.4, -0.2) is 69.1 Å². The number of carbonyl (C=O) groups excluding carboxylic acids is 1. The molecule has 6 nitrogen and oxygen atoms in total. The maximum atomic E-state index is 14.2. The van der Waals surface area contributed by atoms with Crippen molar-refractivity contribution in [2.45, 2.75) is 76.4 Å². The first-order valence-electron chi connectivity index (χ1n) is 12.0. The lowest BCUT2D eigenvalue weighted by Gasteiger charge is -2.33. The van der Waals surface area contributed by atoms with Crippen LogP contribution in [0, 0.1) is 0 Å². The fourth-order valence-electron chi connectivity index (χ4n) is 4.88. The van der Waals surface area contributed by atoms with Gasteiger partial charge in [-0.2, -0.15) is 13.2 Å². The standard InChI is InChI=1S/C24H32F4N4O2S/c1-23(2,34)13-32-14-35-21(20(32)22(33)31-9-7-15(25)8-10-31)17-12-29-19(11-18(17)24(26,27)28)30-16-5-3-4-6-16/h11-12,15-16,34H,3-10,13-14H2,1-2H3,(H,29,30). The molecule has 0 atom stereocenters. The molecule has 0 aromatic carbocycles. The summed E-state index contributed by atoms with van der Waals surface area (Å²) in [5.74, 6) is -0.0513. The zero-order chi connectivity index (χ0) is 25.4. The molecule has 194 valence electrons. The van der Waals surface area contributed by atoms with E-state index in [1.54, 1.807) is 18.7 Å². The number of β-amino-alcohol motifs (C(OH)–C–C–N with tert-alkyl or cyclic N) is 1. The zero-order valence-electron chi connectivity index (χ0n) is 20.0. The van der Waals surface area contributed by atoms with Crippen molar-refractivity contribution >= 4 is 28.4 Å². The molecule has 0 bridgehead atoms. The second-order valence-electron chi connectivity index (χ2n) is 10.2. The van der Waals surface area contributed by atoms with Crippen molar-refractivity contribution in [3.05, 3.63) is 29.1 Å². The first-order chi connectivity index (χ1) is 16.4. The lowest BCUT2D eigenvalue weighted by atomic mass is 10.0. The summed E-state index contributed by atoms with van der Waals surface area (Å²) in [6.07, 6.45) is -0.189. The van der Waals surface area contributed by atoms with E-state index in [-0.39, 0.29) is 66.4 Å². The van der Waals surface area contributed by atoms with Crippen LogP contribution >= 0.6 is 11.8 Å². The molecule has 11 heteroatoms. The second kappa shape index (κ2) is 10.2. The molecule has 0 spiro atoms. The first-order valence-corrected chi connectivity index (χ1v) is 13.0. The van der Waals surface area contributed by atoms with Gasteiger partial charge >= 0.3 is 6.18 Å². The van der Waals surface area contributed by atoms with E-state index in [1.165, 1.54) is 11.1 Å². The molecular formula is C24H32F4N4O2S. The Kier molecular flexibility index (Phi) is 7.57. The maximum Gasteiger partial charge on any atom is 0.417 e. The van der Waals surface area contributed by atoms with Crippen molar-refractivity contribution in [3.8, 4) is 0 Å². The van der Waals surface area contributed by atoms with Gasteiger partial charge in [-0.25, -0.2) is 9.37 Å². The van der Waals surface area contributed by atoms with E-state index in [2.05, 4.69) is 10.3 Å². The van der Waals surface area contributed by atoms with E-state index < -0.39 is 29.4 Å². The number of aliphatic hydroxyl groups is 1. The summed E-state index contributed by atoms with van der Waals surface area (Å²) in [6, 6.07) is 1.13. The first kappa shape index (κ1) is 26.1. The van der Waals surface area contributed by atoms with E-state index >= 15 is 0 Å². The van der Waals surface area contributed by atoms with Crippen LogP contribution in [0.25, 0.3) is 4.91 Å². The summed E-state index contributed by atoms with van der Waals surface area (Å²) in [5.41, 5.74) is -2.07. The Morgan fingerprint density at radius 2 is 1.86 bits per heavy atom. The van der Waals surface area contributed by atoms with E-state index in [0.717, 1.165) is 43.5 Å². The molecule has 2 fully saturated rings. The highest BCUT2D eigenvalue weighted by Crippen LogP contribution is 2.46. The van der Waals surface area contributed by atoms with Crippen molar-refractivity contribution in [2.75, 3.05) is 30.8 Å². The Hall–Kier alpha value is -2.01. The number of piperidine rings is 1. The van der Waals surface area contributed by atoms with Crippen molar-refractivity contribution in [1.82, 2.24) is 14.8 Å². The topological polar surface area (TPSA) is 68.7 Å². The quantitative estimate of drug-likeness (QED) is 0.527.